The van der Waals surface area contributed by atoms with Crippen LogP contribution in [0.25, 0.3) is 0 Å². The molecule has 0 saturated heterocycles. The molecule has 1 rings (SSSR count). The van der Waals surface area contributed by atoms with Gasteiger partial charge in [-0.3, -0.25) is 9.59 Å². The third-order valence-corrected chi connectivity index (χ3v) is 2.04. The molecule has 0 heterocycles. The zero-order chi connectivity index (χ0) is 11.4. The largest absolute Gasteiger partial charge is 0.457 e. The molecule has 0 unspecified atom stereocenters. The third-order valence-electron chi connectivity index (χ3n) is 1.66. The van der Waals surface area contributed by atoms with E-state index in [-0.39, 0.29) is 10.6 Å². The van der Waals surface area contributed by atoms with Crippen LogP contribution in [0.15, 0.2) is 18.2 Å². The monoisotopic (exact) mass is 230 g/mol. The van der Waals surface area contributed by atoms with Crippen LogP contribution in [-0.2, 0) is 9.53 Å². The summed E-state index contributed by atoms with van der Waals surface area (Å²) in [5, 5.41) is -0.255. The second-order valence-electron chi connectivity index (χ2n) is 2.80. The average Bonchev–Trinajstić information content (AvgIpc) is 2.18. The number of rotatable bonds is 3. The molecule has 15 heavy (non-hydrogen) atoms. The van der Waals surface area contributed by atoms with E-state index in [1.54, 1.807) is 0 Å². The molecule has 0 N–H and O–H groups in total. The first kappa shape index (κ1) is 11.7. The van der Waals surface area contributed by atoms with E-state index in [2.05, 4.69) is 4.74 Å². The van der Waals surface area contributed by atoms with Crippen LogP contribution in [0, 0.1) is 5.82 Å². The van der Waals surface area contributed by atoms with Gasteiger partial charge in [0, 0.05) is 12.5 Å². The van der Waals surface area contributed by atoms with Gasteiger partial charge in [0.1, 0.15) is 5.82 Å². The van der Waals surface area contributed by atoms with Crippen molar-refractivity contribution in [3.8, 4) is 0 Å². The molecule has 0 atom stereocenters. The Hall–Kier alpha value is -1.42. The summed E-state index contributed by atoms with van der Waals surface area (Å²) in [4.78, 5) is 21.8. The fraction of sp³-hybridized carbons (Fsp3) is 0.200. The normalized spacial score (nSPS) is 9.80. The van der Waals surface area contributed by atoms with E-state index in [9.17, 15) is 14.0 Å². The lowest BCUT2D eigenvalue weighted by molar-refractivity contribution is -0.139. The number of hydrogen-bond donors (Lipinski definition) is 0. The zero-order valence-electron chi connectivity index (χ0n) is 7.92. The summed E-state index contributed by atoms with van der Waals surface area (Å²) in [6.45, 7) is 0.749. The first-order valence-electron chi connectivity index (χ1n) is 4.13. The van der Waals surface area contributed by atoms with Crippen LogP contribution in [0.4, 0.5) is 4.39 Å². The lowest BCUT2D eigenvalue weighted by Crippen LogP contribution is -2.12. The van der Waals surface area contributed by atoms with Gasteiger partial charge in [-0.15, -0.1) is 0 Å². The Kier molecular flexibility index (Phi) is 3.80. The van der Waals surface area contributed by atoms with E-state index in [0.717, 1.165) is 6.07 Å². The molecule has 0 spiro atoms. The lowest BCUT2D eigenvalue weighted by atomic mass is 10.1. The van der Waals surface area contributed by atoms with E-state index in [1.165, 1.54) is 19.1 Å². The van der Waals surface area contributed by atoms with Gasteiger partial charge in [-0.2, -0.15) is 0 Å². The summed E-state index contributed by atoms with van der Waals surface area (Å²) in [5.41, 5.74) is 0.0120. The summed E-state index contributed by atoms with van der Waals surface area (Å²) in [7, 11) is 0. The molecule has 0 saturated carbocycles. The highest BCUT2D eigenvalue weighted by Crippen LogP contribution is 2.19. The minimum Gasteiger partial charge on any atom is -0.457 e. The van der Waals surface area contributed by atoms with E-state index in [1.807, 2.05) is 0 Å². The second kappa shape index (κ2) is 4.89. The predicted molar refractivity (Wildman–Crippen MR) is 52.4 cm³/mol. The molecule has 1 aromatic rings. The van der Waals surface area contributed by atoms with Crippen LogP contribution >= 0.6 is 11.6 Å². The third kappa shape index (κ3) is 3.02. The fourth-order valence-electron chi connectivity index (χ4n) is 0.964. The summed E-state index contributed by atoms with van der Waals surface area (Å²) in [5.74, 6) is -1.78. The molecular formula is C10H8ClFO3. The van der Waals surface area contributed by atoms with Gasteiger partial charge in [0.25, 0.3) is 0 Å². The number of esters is 1. The number of ether oxygens (including phenoxy) is 1. The fourth-order valence-corrected chi connectivity index (χ4v) is 1.20. The molecule has 0 aliphatic rings. The Morgan fingerprint density at radius 3 is 2.73 bits per heavy atom. The van der Waals surface area contributed by atoms with E-state index in [4.69, 9.17) is 11.6 Å². The van der Waals surface area contributed by atoms with Crippen LogP contribution in [0.2, 0.25) is 5.02 Å². The van der Waals surface area contributed by atoms with Gasteiger partial charge in [-0.1, -0.05) is 17.7 Å². The van der Waals surface area contributed by atoms with E-state index in [0.29, 0.717) is 0 Å². The Morgan fingerprint density at radius 2 is 2.13 bits per heavy atom. The van der Waals surface area contributed by atoms with Crippen molar-refractivity contribution in [2.75, 3.05) is 6.61 Å². The molecule has 0 aliphatic carbocycles. The lowest BCUT2D eigenvalue weighted by Gasteiger charge is -2.04. The van der Waals surface area contributed by atoms with Crippen LogP contribution < -0.4 is 0 Å². The van der Waals surface area contributed by atoms with Crippen molar-refractivity contribution in [3.63, 3.8) is 0 Å². The topological polar surface area (TPSA) is 43.4 Å². The van der Waals surface area contributed by atoms with Crippen molar-refractivity contribution in [2.45, 2.75) is 6.92 Å². The van der Waals surface area contributed by atoms with Crippen LogP contribution in [0.3, 0.4) is 0 Å². The molecule has 0 aromatic heterocycles. The van der Waals surface area contributed by atoms with Gasteiger partial charge >= 0.3 is 5.97 Å². The SMILES string of the molecule is CC(=O)OCC(=O)c1cccc(F)c1Cl. The van der Waals surface area contributed by atoms with Gasteiger partial charge in [-0.25, -0.2) is 4.39 Å². The maximum atomic E-state index is 12.9. The Bertz CT molecular complexity index is 404. The number of ketones is 1. The van der Waals surface area contributed by atoms with Crippen molar-refractivity contribution < 1.29 is 18.7 Å². The van der Waals surface area contributed by atoms with Gasteiger partial charge in [0.2, 0.25) is 5.78 Å². The molecule has 5 heteroatoms. The standard InChI is InChI=1S/C10H8ClFO3/c1-6(13)15-5-9(14)7-3-2-4-8(12)10(7)11/h2-4H,5H2,1H3. The first-order valence-corrected chi connectivity index (χ1v) is 4.50. The summed E-state index contributed by atoms with van der Waals surface area (Å²) >= 11 is 5.57. The van der Waals surface area contributed by atoms with Crippen molar-refractivity contribution in [1.82, 2.24) is 0 Å². The average molecular weight is 231 g/mol. The Balaban J connectivity index is 2.82. The number of carbonyl (C=O) groups excluding carboxylic acids is 2. The molecule has 0 bridgehead atoms. The first-order chi connectivity index (χ1) is 7.02. The summed E-state index contributed by atoms with van der Waals surface area (Å²) in [6.07, 6.45) is 0. The zero-order valence-corrected chi connectivity index (χ0v) is 8.68. The van der Waals surface area contributed by atoms with Gasteiger partial charge in [-0.05, 0) is 12.1 Å². The molecule has 3 nitrogen and oxygen atoms in total. The maximum Gasteiger partial charge on any atom is 0.303 e. The van der Waals surface area contributed by atoms with Crippen molar-refractivity contribution >= 4 is 23.4 Å². The highest BCUT2D eigenvalue weighted by atomic mass is 35.5. The molecular weight excluding hydrogens is 223 g/mol. The van der Waals surface area contributed by atoms with Gasteiger partial charge < -0.3 is 4.74 Å². The minimum absolute atomic E-state index is 0.0120. The van der Waals surface area contributed by atoms with Gasteiger partial charge in [0.05, 0.1) is 5.02 Å². The highest BCUT2D eigenvalue weighted by molar-refractivity contribution is 6.34. The maximum absolute atomic E-state index is 12.9. The Labute approximate surface area is 90.8 Å². The quantitative estimate of drug-likeness (QED) is 0.591. The van der Waals surface area contributed by atoms with E-state index < -0.39 is 24.2 Å². The predicted octanol–water partition coefficient (Wildman–Crippen LogP) is 2.22. The number of halogens is 2. The second-order valence-corrected chi connectivity index (χ2v) is 3.18. The molecule has 0 aliphatic heterocycles. The van der Waals surface area contributed by atoms with Crippen LogP contribution in [0.1, 0.15) is 17.3 Å². The number of hydrogen-bond acceptors (Lipinski definition) is 3. The van der Waals surface area contributed by atoms with Crippen LogP contribution in [0.5, 0.6) is 0 Å². The molecule has 1 aromatic carbocycles. The van der Waals surface area contributed by atoms with Crippen molar-refractivity contribution in [3.05, 3.63) is 34.6 Å². The van der Waals surface area contributed by atoms with Crippen molar-refractivity contribution in [2.24, 2.45) is 0 Å². The molecule has 0 fully saturated rings. The number of carbonyl (C=O) groups is 2. The van der Waals surface area contributed by atoms with Gasteiger partial charge in [0.15, 0.2) is 6.61 Å². The van der Waals surface area contributed by atoms with E-state index >= 15 is 0 Å². The summed E-state index contributed by atoms with van der Waals surface area (Å²) in [6, 6.07) is 3.88. The summed E-state index contributed by atoms with van der Waals surface area (Å²) < 4.78 is 17.4. The highest BCUT2D eigenvalue weighted by Gasteiger charge is 2.14. The molecule has 0 amide bonds. The smallest absolute Gasteiger partial charge is 0.303 e. The minimum atomic E-state index is -0.676. The molecule has 0 radical (unpaired) electrons. The van der Waals surface area contributed by atoms with Crippen molar-refractivity contribution in [1.29, 1.82) is 0 Å². The van der Waals surface area contributed by atoms with Crippen LogP contribution in [-0.4, -0.2) is 18.4 Å². The number of benzene rings is 1. The number of Topliss-reactive ketones (excluding diaryl/α,β-unsaturated/α-hetero) is 1. The molecule has 80 valence electrons. The Morgan fingerprint density at radius 1 is 1.47 bits per heavy atom.